The molecule has 0 amide bonds. The second-order valence-corrected chi connectivity index (χ2v) is 12.0. The fourth-order valence-electron chi connectivity index (χ4n) is 4.37. The summed E-state index contributed by atoms with van der Waals surface area (Å²) in [6, 6.07) is 20.8. The zero-order valence-electron chi connectivity index (χ0n) is 25.1. The minimum atomic E-state index is -4.65. The number of rotatable bonds is 16. The van der Waals surface area contributed by atoms with Crippen LogP contribution < -0.4 is 0 Å². The smallest absolute Gasteiger partial charge is 0.475 e. The van der Waals surface area contributed by atoms with Crippen molar-refractivity contribution in [3.8, 4) is 0 Å². The van der Waals surface area contributed by atoms with Crippen LogP contribution in [0.15, 0.2) is 109 Å². The van der Waals surface area contributed by atoms with Crippen molar-refractivity contribution in [3.63, 3.8) is 0 Å². The maximum Gasteiger partial charge on any atom is 0.475 e. The van der Waals surface area contributed by atoms with Crippen LogP contribution in [0.5, 0.6) is 0 Å². The number of ether oxygens (including phenoxy) is 3. The van der Waals surface area contributed by atoms with Gasteiger partial charge in [0, 0.05) is 0 Å². The van der Waals surface area contributed by atoms with Crippen LogP contribution in [-0.4, -0.2) is 29.9 Å². The van der Waals surface area contributed by atoms with E-state index in [-0.39, 0.29) is 32.2 Å². The Kier molecular flexibility index (Phi) is 11.6. The number of benzene rings is 4. The second kappa shape index (κ2) is 16.1. The van der Waals surface area contributed by atoms with Gasteiger partial charge in [-0.05, 0) is 70.8 Å². The molecule has 1 N–H and O–H groups in total. The minimum Gasteiger partial charge on any atom is -0.485 e. The molecule has 14 heteroatoms. The molecular weight excluding hydrogens is 659 g/mol. The highest BCUT2D eigenvalue weighted by Crippen LogP contribution is 2.53. The van der Waals surface area contributed by atoms with Crippen LogP contribution in [0.25, 0.3) is 0 Å². The van der Waals surface area contributed by atoms with E-state index in [4.69, 9.17) is 27.8 Å². The lowest BCUT2D eigenvalue weighted by atomic mass is 10.1. The molecule has 0 aliphatic carbocycles. The summed E-state index contributed by atoms with van der Waals surface area (Å²) in [5.74, 6) is -3.62. The summed E-state index contributed by atoms with van der Waals surface area (Å²) in [5.41, 5.74) is 1.80. The largest absolute Gasteiger partial charge is 0.485 e. The van der Waals surface area contributed by atoms with Crippen LogP contribution in [0.3, 0.4) is 0 Å². The SMILES string of the molecule is O=C1OC(C(CO)OP(=O)(OCc2ccc(F)cc2)OCc2ccc(F)cc2)C(OCc2ccc(F)cc2)=C1OCc1ccc(F)cc1. The van der Waals surface area contributed by atoms with Crippen molar-refractivity contribution < 1.29 is 59.8 Å². The standard InChI is InChI=1S/C34H29F4O9P/c35-26-9-1-22(2-10-26)18-42-32-31(46-34(40)33(32)43-19-23-3-11-27(36)12-4-23)30(17-39)47-48(41,44-20-24-5-13-28(37)14-6-24)45-21-25-7-15-29(38)16-8-25/h1-16,30-31,39H,17-21H2. The van der Waals surface area contributed by atoms with Gasteiger partial charge < -0.3 is 19.3 Å². The molecule has 5 rings (SSSR count). The fraction of sp³-hybridized carbons (Fsp3) is 0.206. The van der Waals surface area contributed by atoms with Crippen LogP contribution in [0.2, 0.25) is 0 Å². The average Bonchev–Trinajstić information content (AvgIpc) is 3.40. The molecule has 1 aliphatic heterocycles. The van der Waals surface area contributed by atoms with Gasteiger partial charge in [0.2, 0.25) is 5.76 Å². The molecule has 9 nitrogen and oxygen atoms in total. The third-order valence-electron chi connectivity index (χ3n) is 6.89. The molecule has 252 valence electrons. The summed E-state index contributed by atoms with van der Waals surface area (Å²) < 4.78 is 102. The number of aliphatic hydroxyl groups is 1. The molecule has 1 aliphatic rings. The van der Waals surface area contributed by atoms with E-state index in [2.05, 4.69) is 0 Å². The van der Waals surface area contributed by atoms with E-state index in [0.29, 0.717) is 22.3 Å². The lowest BCUT2D eigenvalue weighted by molar-refractivity contribution is -0.148. The Morgan fingerprint density at radius 1 is 0.625 bits per heavy atom. The number of carbonyl (C=O) groups is 1. The summed E-state index contributed by atoms with van der Waals surface area (Å²) in [4.78, 5) is 13.1. The third kappa shape index (κ3) is 9.52. The monoisotopic (exact) mass is 688 g/mol. The zero-order chi connectivity index (χ0) is 34.1. The number of phosphoric acid groups is 1. The van der Waals surface area contributed by atoms with Crippen LogP contribution in [0.4, 0.5) is 17.6 Å². The summed E-state index contributed by atoms with van der Waals surface area (Å²) in [6.45, 7) is -2.05. The summed E-state index contributed by atoms with van der Waals surface area (Å²) in [7, 11) is -4.65. The molecule has 0 bridgehead atoms. The Balaban J connectivity index is 1.40. The van der Waals surface area contributed by atoms with Crippen LogP contribution >= 0.6 is 7.82 Å². The second-order valence-electron chi connectivity index (χ2n) is 10.4. The van der Waals surface area contributed by atoms with Gasteiger partial charge in [0.05, 0.1) is 19.8 Å². The molecule has 48 heavy (non-hydrogen) atoms. The van der Waals surface area contributed by atoms with E-state index in [1.165, 1.54) is 97.1 Å². The van der Waals surface area contributed by atoms with Gasteiger partial charge in [-0.25, -0.2) is 26.9 Å². The molecule has 0 radical (unpaired) electrons. The molecule has 0 spiro atoms. The first-order chi connectivity index (χ1) is 23.1. The number of halogens is 4. The van der Waals surface area contributed by atoms with Crippen LogP contribution in [0, 0.1) is 23.3 Å². The van der Waals surface area contributed by atoms with Gasteiger partial charge in [0.1, 0.15) is 42.6 Å². The quantitative estimate of drug-likeness (QED) is 0.0754. The first-order valence-electron chi connectivity index (χ1n) is 14.5. The molecule has 4 aromatic carbocycles. The molecule has 4 aromatic rings. The normalized spacial score (nSPS) is 15.4. The summed E-state index contributed by atoms with van der Waals surface area (Å²) in [5, 5.41) is 10.4. The van der Waals surface area contributed by atoms with E-state index >= 15 is 0 Å². The van der Waals surface area contributed by atoms with Gasteiger partial charge in [-0.1, -0.05) is 48.5 Å². The van der Waals surface area contributed by atoms with Crippen LogP contribution in [0.1, 0.15) is 22.3 Å². The summed E-state index contributed by atoms with van der Waals surface area (Å²) in [6.07, 6.45) is -3.15. The number of hydrogen-bond acceptors (Lipinski definition) is 9. The van der Waals surface area contributed by atoms with Gasteiger partial charge in [-0.2, -0.15) is 0 Å². The van der Waals surface area contributed by atoms with E-state index in [9.17, 15) is 32.0 Å². The van der Waals surface area contributed by atoms with Crippen molar-refractivity contribution in [2.24, 2.45) is 0 Å². The number of phosphoric ester groups is 1. The summed E-state index contributed by atoms with van der Waals surface area (Å²) >= 11 is 0. The fourth-order valence-corrected chi connectivity index (χ4v) is 5.69. The van der Waals surface area contributed by atoms with E-state index in [0.717, 1.165) is 0 Å². The number of cyclic esters (lactones) is 1. The molecule has 1 heterocycles. The van der Waals surface area contributed by atoms with Gasteiger partial charge in [0.25, 0.3) is 0 Å². The molecule has 0 saturated carbocycles. The van der Waals surface area contributed by atoms with E-state index in [1.54, 1.807) is 0 Å². The maximum atomic E-state index is 14.0. The molecule has 2 atom stereocenters. The van der Waals surface area contributed by atoms with Gasteiger partial charge in [-0.15, -0.1) is 0 Å². The molecular formula is C34H29F4O9P. The van der Waals surface area contributed by atoms with E-state index in [1.807, 2.05) is 0 Å². The van der Waals surface area contributed by atoms with Gasteiger partial charge in [-0.3, -0.25) is 13.6 Å². The highest BCUT2D eigenvalue weighted by molar-refractivity contribution is 7.48. The number of hydrogen-bond donors (Lipinski definition) is 1. The van der Waals surface area contributed by atoms with Gasteiger partial charge in [0.15, 0.2) is 11.9 Å². The molecule has 0 saturated heterocycles. The number of carbonyl (C=O) groups excluding carboxylic acids is 1. The average molecular weight is 689 g/mol. The van der Waals surface area contributed by atoms with E-state index < -0.39 is 61.6 Å². The Bertz CT molecular complexity index is 1700. The predicted octanol–water partition coefficient (Wildman–Crippen LogP) is 7.03. The maximum absolute atomic E-state index is 14.0. The Labute approximate surface area is 272 Å². The number of aliphatic hydroxyl groups excluding tert-OH is 1. The highest BCUT2D eigenvalue weighted by Gasteiger charge is 2.46. The first kappa shape index (κ1) is 34.8. The molecule has 2 unspecified atom stereocenters. The predicted molar refractivity (Wildman–Crippen MR) is 161 cm³/mol. The first-order valence-corrected chi connectivity index (χ1v) is 15.9. The minimum absolute atomic E-state index is 0.203. The van der Waals surface area contributed by atoms with Crippen molar-refractivity contribution in [1.29, 1.82) is 0 Å². The van der Waals surface area contributed by atoms with Crippen molar-refractivity contribution >= 4 is 13.8 Å². The van der Waals surface area contributed by atoms with Crippen molar-refractivity contribution in [3.05, 3.63) is 154 Å². The molecule has 0 fully saturated rings. The van der Waals surface area contributed by atoms with Crippen LogP contribution in [-0.2, 0) is 63.6 Å². The Morgan fingerprint density at radius 2 is 1.00 bits per heavy atom. The topological polar surface area (TPSA) is 110 Å². The van der Waals surface area contributed by atoms with Crippen molar-refractivity contribution in [2.45, 2.75) is 38.6 Å². The van der Waals surface area contributed by atoms with Crippen molar-refractivity contribution in [2.75, 3.05) is 6.61 Å². The lowest BCUT2D eigenvalue weighted by Crippen LogP contribution is -2.35. The highest BCUT2D eigenvalue weighted by atomic mass is 31.2. The number of esters is 1. The lowest BCUT2D eigenvalue weighted by Gasteiger charge is -2.27. The zero-order valence-corrected chi connectivity index (χ0v) is 26.0. The van der Waals surface area contributed by atoms with Crippen molar-refractivity contribution in [1.82, 2.24) is 0 Å². The third-order valence-corrected chi connectivity index (χ3v) is 8.31. The Morgan fingerprint density at radius 3 is 1.40 bits per heavy atom. The van der Waals surface area contributed by atoms with Gasteiger partial charge >= 0.3 is 13.8 Å². The Hall–Kier alpha value is -4.52. The molecule has 0 aromatic heterocycles.